The van der Waals surface area contributed by atoms with Gasteiger partial charge in [-0.25, -0.2) is 4.98 Å². The molecule has 0 fully saturated rings. The normalized spacial score (nSPS) is 10.0. The van der Waals surface area contributed by atoms with Crippen molar-refractivity contribution in [3.05, 3.63) is 41.7 Å². The molecular formula is C13H18N2O2. The summed E-state index contributed by atoms with van der Waals surface area (Å²) >= 11 is 0. The molecule has 0 aliphatic heterocycles. The zero-order valence-electron chi connectivity index (χ0n) is 10.3. The minimum atomic E-state index is -0.173. The molecule has 0 atom stereocenters. The van der Waals surface area contributed by atoms with Crippen molar-refractivity contribution in [2.45, 2.75) is 13.8 Å². The molecular weight excluding hydrogens is 216 g/mol. The van der Waals surface area contributed by atoms with E-state index >= 15 is 0 Å². The summed E-state index contributed by atoms with van der Waals surface area (Å²) in [6.07, 6.45) is 0. The number of hydrogen-bond acceptors (Lipinski definition) is 3. The van der Waals surface area contributed by atoms with Gasteiger partial charge in [-0.05, 0) is 26.0 Å². The average molecular weight is 234 g/mol. The van der Waals surface area contributed by atoms with Crippen molar-refractivity contribution in [1.82, 2.24) is 10.3 Å². The van der Waals surface area contributed by atoms with E-state index in [1.807, 2.05) is 26.0 Å². The highest BCUT2D eigenvalue weighted by Gasteiger charge is 2.05. The number of nitrogens with one attached hydrogen (secondary N) is 1. The van der Waals surface area contributed by atoms with Gasteiger partial charge < -0.3 is 10.1 Å². The minimum absolute atomic E-state index is 0.173. The Morgan fingerprint density at radius 2 is 2.29 bits per heavy atom. The highest BCUT2D eigenvalue weighted by molar-refractivity contribution is 5.92. The number of hydrogen-bond donors (Lipinski definition) is 1. The van der Waals surface area contributed by atoms with Gasteiger partial charge in [0.2, 0.25) is 0 Å². The second-order valence-corrected chi connectivity index (χ2v) is 3.93. The third-order valence-corrected chi connectivity index (χ3v) is 2.00. The smallest absolute Gasteiger partial charge is 0.269 e. The van der Waals surface area contributed by atoms with Gasteiger partial charge in [0, 0.05) is 12.2 Å². The van der Waals surface area contributed by atoms with E-state index in [1.165, 1.54) is 0 Å². The van der Waals surface area contributed by atoms with Crippen molar-refractivity contribution < 1.29 is 9.53 Å². The number of aromatic nitrogens is 1. The van der Waals surface area contributed by atoms with Gasteiger partial charge in [-0.2, -0.15) is 0 Å². The van der Waals surface area contributed by atoms with Gasteiger partial charge >= 0.3 is 0 Å². The van der Waals surface area contributed by atoms with Crippen LogP contribution < -0.4 is 5.32 Å². The average Bonchev–Trinajstić information content (AvgIpc) is 2.28. The largest absolute Gasteiger partial charge is 0.375 e. The lowest BCUT2D eigenvalue weighted by molar-refractivity contribution is 0.0921. The van der Waals surface area contributed by atoms with Gasteiger partial charge in [-0.1, -0.05) is 18.2 Å². The van der Waals surface area contributed by atoms with E-state index < -0.39 is 0 Å². The molecule has 4 nitrogen and oxygen atoms in total. The topological polar surface area (TPSA) is 51.2 Å². The van der Waals surface area contributed by atoms with Gasteiger partial charge in [0.1, 0.15) is 5.69 Å². The van der Waals surface area contributed by atoms with Crippen LogP contribution in [0.25, 0.3) is 0 Å². The standard InChI is InChI=1S/C13H18N2O2/c1-10(2)9-17-8-7-14-13(16)12-6-4-5-11(3)15-12/h4-6H,1,7-9H2,2-3H3,(H,14,16). The van der Waals surface area contributed by atoms with Crippen molar-refractivity contribution in [1.29, 1.82) is 0 Å². The molecule has 0 unspecified atom stereocenters. The maximum absolute atomic E-state index is 11.6. The van der Waals surface area contributed by atoms with Crippen LogP contribution in [0.15, 0.2) is 30.4 Å². The van der Waals surface area contributed by atoms with Crippen molar-refractivity contribution >= 4 is 5.91 Å². The van der Waals surface area contributed by atoms with Crippen molar-refractivity contribution in [3.8, 4) is 0 Å². The maximum atomic E-state index is 11.6. The molecule has 4 heteroatoms. The molecule has 0 radical (unpaired) electrons. The Morgan fingerprint density at radius 3 is 2.94 bits per heavy atom. The van der Waals surface area contributed by atoms with Crippen LogP contribution in [0.1, 0.15) is 23.1 Å². The number of nitrogens with zero attached hydrogens (tertiary/aromatic N) is 1. The monoisotopic (exact) mass is 234 g/mol. The van der Waals surface area contributed by atoms with Gasteiger partial charge in [0.15, 0.2) is 0 Å². The van der Waals surface area contributed by atoms with Gasteiger partial charge in [-0.15, -0.1) is 0 Å². The molecule has 1 aromatic rings. The van der Waals surface area contributed by atoms with Crippen LogP contribution in [-0.2, 0) is 4.74 Å². The first-order chi connectivity index (χ1) is 8.09. The lowest BCUT2D eigenvalue weighted by Gasteiger charge is -2.06. The first-order valence-corrected chi connectivity index (χ1v) is 5.53. The fraction of sp³-hybridized carbons (Fsp3) is 0.385. The van der Waals surface area contributed by atoms with E-state index in [9.17, 15) is 4.79 Å². The summed E-state index contributed by atoms with van der Waals surface area (Å²) in [4.78, 5) is 15.8. The first kappa shape index (κ1) is 13.4. The highest BCUT2D eigenvalue weighted by atomic mass is 16.5. The Bertz CT molecular complexity index is 402. The zero-order chi connectivity index (χ0) is 12.7. The molecule has 0 spiro atoms. The third-order valence-electron chi connectivity index (χ3n) is 2.00. The van der Waals surface area contributed by atoms with E-state index in [2.05, 4.69) is 16.9 Å². The van der Waals surface area contributed by atoms with Crippen molar-refractivity contribution in [3.63, 3.8) is 0 Å². The second kappa shape index (κ2) is 6.81. The van der Waals surface area contributed by atoms with E-state index in [0.717, 1.165) is 11.3 Å². The second-order valence-electron chi connectivity index (χ2n) is 3.93. The van der Waals surface area contributed by atoms with Gasteiger partial charge in [0.25, 0.3) is 5.91 Å². The molecule has 0 aliphatic carbocycles. The molecule has 1 aromatic heterocycles. The molecule has 0 bridgehead atoms. The highest BCUT2D eigenvalue weighted by Crippen LogP contribution is 1.97. The Hall–Kier alpha value is -1.68. The van der Waals surface area contributed by atoms with Crippen LogP contribution in [-0.4, -0.2) is 30.6 Å². The Morgan fingerprint density at radius 1 is 1.53 bits per heavy atom. The summed E-state index contributed by atoms with van der Waals surface area (Å²) in [5, 5.41) is 2.74. The van der Waals surface area contributed by atoms with Gasteiger partial charge in [-0.3, -0.25) is 4.79 Å². The number of ether oxygens (including phenoxy) is 1. The Labute approximate surface area is 102 Å². The van der Waals surface area contributed by atoms with Crippen LogP contribution in [0.2, 0.25) is 0 Å². The summed E-state index contributed by atoms with van der Waals surface area (Å²) in [6.45, 7) is 8.95. The lowest BCUT2D eigenvalue weighted by atomic mass is 10.3. The summed E-state index contributed by atoms with van der Waals surface area (Å²) in [6, 6.07) is 5.36. The minimum Gasteiger partial charge on any atom is -0.375 e. The molecule has 0 aromatic carbocycles. The van der Waals surface area contributed by atoms with Crippen LogP contribution in [0.3, 0.4) is 0 Å². The van der Waals surface area contributed by atoms with Crippen molar-refractivity contribution in [2.24, 2.45) is 0 Å². The molecule has 0 saturated carbocycles. The fourth-order valence-corrected chi connectivity index (χ4v) is 1.24. The number of pyridine rings is 1. The number of carbonyl (C=O) groups is 1. The van der Waals surface area contributed by atoms with E-state index in [-0.39, 0.29) is 5.91 Å². The number of aryl methyl sites for hydroxylation is 1. The molecule has 1 amide bonds. The molecule has 1 N–H and O–H groups in total. The van der Waals surface area contributed by atoms with Crippen LogP contribution in [0, 0.1) is 6.92 Å². The third kappa shape index (κ3) is 5.26. The summed E-state index contributed by atoms with van der Waals surface area (Å²) in [7, 11) is 0. The summed E-state index contributed by atoms with van der Waals surface area (Å²) in [5.74, 6) is -0.173. The van der Waals surface area contributed by atoms with Crippen LogP contribution in [0.5, 0.6) is 0 Å². The molecule has 1 heterocycles. The molecule has 0 saturated heterocycles. The Kier molecular flexibility index (Phi) is 5.36. The lowest BCUT2D eigenvalue weighted by Crippen LogP contribution is -2.28. The van der Waals surface area contributed by atoms with Gasteiger partial charge in [0.05, 0.1) is 13.2 Å². The molecule has 0 aliphatic rings. The van der Waals surface area contributed by atoms with Crippen molar-refractivity contribution in [2.75, 3.05) is 19.8 Å². The first-order valence-electron chi connectivity index (χ1n) is 5.53. The predicted octanol–water partition coefficient (Wildman–Crippen LogP) is 1.71. The van der Waals surface area contributed by atoms with Crippen LogP contribution in [0.4, 0.5) is 0 Å². The summed E-state index contributed by atoms with van der Waals surface area (Å²) in [5.41, 5.74) is 2.23. The molecule has 1 rings (SSSR count). The van der Waals surface area contributed by atoms with E-state index in [1.54, 1.807) is 6.07 Å². The SMILES string of the molecule is C=C(C)COCCNC(=O)c1cccc(C)n1. The maximum Gasteiger partial charge on any atom is 0.269 e. The van der Waals surface area contributed by atoms with E-state index in [0.29, 0.717) is 25.5 Å². The quantitative estimate of drug-likeness (QED) is 0.602. The fourth-order valence-electron chi connectivity index (χ4n) is 1.24. The van der Waals surface area contributed by atoms with E-state index in [4.69, 9.17) is 4.74 Å². The predicted molar refractivity (Wildman–Crippen MR) is 66.9 cm³/mol. The molecule has 17 heavy (non-hydrogen) atoms. The van der Waals surface area contributed by atoms with Crippen LogP contribution >= 0.6 is 0 Å². The zero-order valence-corrected chi connectivity index (χ0v) is 10.3. The number of carbonyl (C=O) groups excluding carboxylic acids is 1. The molecule has 92 valence electrons. The number of rotatable bonds is 6. The number of amides is 1. The summed E-state index contributed by atoms with van der Waals surface area (Å²) < 4.78 is 5.27. The Balaban J connectivity index is 2.28.